The van der Waals surface area contributed by atoms with Crippen LogP contribution in [0.1, 0.15) is 23.2 Å². The standard InChI is InChI=1S/C12H13N3O2/c1-8-6-14-12(15-7-8)11(16)10-9(17-2)4-3-5-13-10/h3-7,11,16H,1-2H3. The molecular weight excluding hydrogens is 218 g/mol. The van der Waals surface area contributed by atoms with E-state index >= 15 is 0 Å². The van der Waals surface area contributed by atoms with E-state index in [1.807, 2.05) is 6.92 Å². The van der Waals surface area contributed by atoms with Crippen LogP contribution in [0.2, 0.25) is 0 Å². The van der Waals surface area contributed by atoms with Crippen LogP contribution in [-0.2, 0) is 0 Å². The fraction of sp³-hybridized carbons (Fsp3) is 0.250. The van der Waals surface area contributed by atoms with Gasteiger partial charge in [-0.3, -0.25) is 4.98 Å². The first-order valence-electron chi connectivity index (χ1n) is 5.18. The van der Waals surface area contributed by atoms with E-state index < -0.39 is 6.10 Å². The largest absolute Gasteiger partial charge is 0.495 e. The lowest BCUT2D eigenvalue weighted by atomic mass is 10.2. The number of hydrogen-bond acceptors (Lipinski definition) is 5. The molecule has 0 fully saturated rings. The Bertz CT molecular complexity index is 499. The lowest BCUT2D eigenvalue weighted by molar-refractivity contribution is 0.199. The predicted octanol–water partition coefficient (Wildman–Crippen LogP) is 1.27. The Morgan fingerprint density at radius 3 is 2.59 bits per heavy atom. The topological polar surface area (TPSA) is 68.1 Å². The average molecular weight is 231 g/mol. The van der Waals surface area contributed by atoms with Gasteiger partial charge in [0.2, 0.25) is 0 Å². The van der Waals surface area contributed by atoms with Crippen LogP contribution < -0.4 is 4.74 Å². The smallest absolute Gasteiger partial charge is 0.163 e. The molecule has 0 bridgehead atoms. The van der Waals surface area contributed by atoms with E-state index in [4.69, 9.17) is 4.74 Å². The molecule has 1 N–H and O–H groups in total. The Morgan fingerprint density at radius 2 is 1.94 bits per heavy atom. The van der Waals surface area contributed by atoms with Crippen molar-refractivity contribution in [2.75, 3.05) is 7.11 Å². The van der Waals surface area contributed by atoms with Gasteiger partial charge >= 0.3 is 0 Å². The molecule has 17 heavy (non-hydrogen) atoms. The minimum absolute atomic E-state index is 0.313. The van der Waals surface area contributed by atoms with Crippen LogP contribution in [0.15, 0.2) is 30.7 Å². The highest BCUT2D eigenvalue weighted by Crippen LogP contribution is 2.25. The molecule has 0 aliphatic rings. The van der Waals surface area contributed by atoms with Gasteiger partial charge in [-0.05, 0) is 24.6 Å². The fourth-order valence-electron chi connectivity index (χ4n) is 1.45. The Balaban J connectivity index is 2.36. The normalized spacial score (nSPS) is 12.2. The first-order valence-corrected chi connectivity index (χ1v) is 5.18. The highest BCUT2D eigenvalue weighted by atomic mass is 16.5. The summed E-state index contributed by atoms with van der Waals surface area (Å²) in [6.45, 7) is 1.89. The van der Waals surface area contributed by atoms with Crippen molar-refractivity contribution in [1.82, 2.24) is 15.0 Å². The molecule has 2 rings (SSSR count). The third-order valence-electron chi connectivity index (χ3n) is 2.32. The first-order chi connectivity index (χ1) is 8.22. The van der Waals surface area contributed by atoms with E-state index in [1.165, 1.54) is 7.11 Å². The summed E-state index contributed by atoms with van der Waals surface area (Å²) in [7, 11) is 1.53. The Morgan fingerprint density at radius 1 is 1.24 bits per heavy atom. The molecule has 0 amide bonds. The average Bonchev–Trinajstić information content (AvgIpc) is 2.39. The lowest BCUT2D eigenvalue weighted by Gasteiger charge is -2.12. The van der Waals surface area contributed by atoms with Crippen molar-refractivity contribution in [2.24, 2.45) is 0 Å². The number of aliphatic hydroxyl groups excluding tert-OH is 1. The van der Waals surface area contributed by atoms with Crippen molar-refractivity contribution in [2.45, 2.75) is 13.0 Å². The molecule has 0 saturated carbocycles. The summed E-state index contributed by atoms with van der Waals surface area (Å²) >= 11 is 0. The maximum atomic E-state index is 10.1. The molecule has 88 valence electrons. The molecule has 0 spiro atoms. The fourth-order valence-corrected chi connectivity index (χ4v) is 1.45. The zero-order chi connectivity index (χ0) is 12.3. The van der Waals surface area contributed by atoms with Gasteiger partial charge in [-0.2, -0.15) is 0 Å². The highest BCUT2D eigenvalue weighted by Gasteiger charge is 2.18. The van der Waals surface area contributed by atoms with Gasteiger partial charge in [0.15, 0.2) is 11.9 Å². The Hall–Kier alpha value is -2.01. The molecule has 1 atom stereocenters. The van der Waals surface area contributed by atoms with E-state index in [-0.39, 0.29) is 0 Å². The quantitative estimate of drug-likeness (QED) is 0.861. The van der Waals surface area contributed by atoms with Crippen molar-refractivity contribution < 1.29 is 9.84 Å². The number of aliphatic hydroxyl groups is 1. The zero-order valence-corrected chi connectivity index (χ0v) is 9.66. The zero-order valence-electron chi connectivity index (χ0n) is 9.66. The van der Waals surface area contributed by atoms with Crippen molar-refractivity contribution in [3.8, 4) is 5.75 Å². The third kappa shape index (κ3) is 2.39. The molecule has 0 saturated heterocycles. The minimum Gasteiger partial charge on any atom is -0.495 e. The summed E-state index contributed by atoms with van der Waals surface area (Å²) < 4.78 is 5.13. The van der Waals surface area contributed by atoms with Gasteiger partial charge in [-0.15, -0.1) is 0 Å². The number of ether oxygens (including phenoxy) is 1. The molecule has 0 radical (unpaired) electrons. The third-order valence-corrected chi connectivity index (χ3v) is 2.32. The number of nitrogens with zero attached hydrogens (tertiary/aromatic N) is 3. The molecule has 0 aliphatic carbocycles. The van der Waals surface area contributed by atoms with Crippen LogP contribution in [-0.4, -0.2) is 27.2 Å². The number of aromatic nitrogens is 3. The van der Waals surface area contributed by atoms with Gasteiger partial charge in [0.1, 0.15) is 11.4 Å². The van der Waals surface area contributed by atoms with Crippen molar-refractivity contribution in [1.29, 1.82) is 0 Å². The van der Waals surface area contributed by atoms with Crippen molar-refractivity contribution in [3.05, 3.63) is 47.8 Å². The van der Waals surface area contributed by atoms with Gasteiger partial charge in [-0.1, -0.05) is 0 Å². The van der Waals surface area contributed by atoms with Crippen LogP contribution in [0.25, 0.3) is 0 Å². The second-order valence-electron chi connectivity index (χ2n) is 3.61. The SMILES string of the molecule is COc1cccnc1C(O)c1ncc(C)cn1. The predicted molar refractivity (Wildman–Crippen MR) is 61.6 cm³/mol. The van der Waals surface area contributed by atoms with E-state index in [1.54, 1.807) is 30.7 Å². The van der Waals surface area contributed by atoms with E-state index in [0.29, 0.717) is 17.3 Å². The number of hydrogen-bond donors (Lipinski definition) is 1. The molecule has 5 nitrogen and oxygen atoms in total. The summed E-state index contributed by atoms with van der Waals surface area (Å²) in [4.78, 5) is 12.2. The molecule has 2 heterocycles. The van der Waals surface area contributed by atoms with Crippen LogP contribution in [0.3, 0.4) is 0 Å². The van der Waals surface area contributed by atoms with E-state index in [2.05, 4.69) is 15.0 Å². The number of aryl methyl sites for hydroxylation is 1. The lowest BCUT2D eigenvalue weighted by Crippen LogP contribution is -2.08. The molecule has 1 unspecified atom stereocenters. The van der Waals surface area contributed by atoms with Gasteiger partial charge in [0, 0.05) is 18.6 Å². The van der Waals surface area contributed by atoms with E-state index in [0.717, 1.165) is 5.56 Å². The molecule has 2 aromatic rings. The molecule has 2 aromatic heterocycles. The Kier molecular flexibility index (Phi) is 3.30. The van der Waals surface area contributed by atoms with E-state index in [9.17, 15) is 5.11 Å². The maximum Gasteiger partial charge on any atom is 0.163 e. The van der Waals surface area contributed by atoms with Crippen LogP contribution in [0.4, 0.5) is 0 Å². The summed E-state index contributed by atoms with van der Waals surface area (Å²) in [5.74, 6) is 0.830. The number of rotatable bonds is 3. The molecule has 0 aromatic carbocycles. The summed E-state index contributed by atoms with van der Waals surface area (Å²) in [5.41, 5.74) is 1.35. The molecule has 0 aliphatic heterocycles. The van der Waals surface area contributed by atoms with Crippen LogP contribution in [0, 0.1) is 6.92 Å². The number of pyridine rings is 1. The Labute approximate surface area is 99.2 Å². The van der Waals surface area contributed by atoms with Crippen LogP contribution in [0.5, 0.6) is 5.75 Å². The summed E-state index contributed by atoms with van der Waals surface area (Å²) in [5, 5.41) is 10.1. The van der Waals surface area contributed by atoms with Crippen LogP contribution >= 0.6 is 0 Å². The van der Waals surface area contributed by atoms with Gasteiger partial charge in [0.05, 0.1) is 7.11 Å². The summed E-state index contributed by atoms with van der Waals surface area (Å²) in [6, 6.07) is 3.48. The second-order valence-corrected chi connectivity index (χ2v) is 3.61. The highest BCUT2D eigenvalue weighted by molar-refractivity contribution is 5.31. The molecule has 5 heteroatoms. The van der Waals surface area contributed by atoms with Gasteiger partial charge in [-0.25, -0.2) is 9.97 Å². The monoisotopic (exact) mass is 231 g/mol. The van der Waals surface area contributed by atoms with Gasteiger partial charge in [0.25, 0.3) is 0 Å². The summed E-state index contributed by atoms with van der Waals surface area (Å²) in [6.07, 6.45) is 3.92. The number of methoxy groups -OCH3 is 1. The van der Waals surface area contributed by atoms with Gasteiger partial charge < -0.3 is 9.84 Å². The minimum atomic E-state index is -0.980. The first kappa shape index (κ1) is 11.5. The maximum absolute atomic E-state index is 10.1. The second kappa shape index (κ2) is 4.88. The molecular formula is C12H13N3O2. The van der Waals surface area contributed by atoms with Crippen molar-refractivity contribution >= 4 is 0 Å². The van der Waals surface area contributed by atoms with Crippen molar-refractivity contribution in [3.63, 3.8) is 0 Å².